The van der Waals surface area contributed by atoms with Crippen molar-refractivity contribution in [2.45, 2.75) is 6.92 Å². The number of hydrogen-bond donors (Lipinski definition) is 0. The molecule has 8 heavy (non-hydrogen) atoms. The van der Waals surface area contributed by atoms with Crippen LogP contribution in [0.25, 0.3) is 0 Å². The largest absolute Gasteiger partial charge is 0.296 e. The number of rotatable bonds is 0. The van der Waals surface area contributed by atoms with Gasteiger partial charge in [0, 0.05) is 6.92 Å². The van der Waals surface area contributed by atoms with Gasteiger partial charge in [0.15, 0.2) is 0 Å². The molecule has 0 saturated heterocycles. The van der Waals surface area contributed by atoms with E-state index < -0.39 is 0 Å². The first-order valence-electron chi connectivity index (χ1n) is 2.52. The van der Waals surface area contributed by atoms with E-state index in [9.17, 15) is 0 Å². The molecule has 0 radical (unpaired) electrons. The lowest BCUT2D eigenvalue weighted by molar-refractivity contribution is -0.362. The molecule has 42 valence electrons. The zero-order valence-electron chi connectivity index (χ0n) is 5.18. The van der Waals surface area contributed by atoms with E-state index in [1.54, 1.807) is 0 Å². The van der Waals surface area contributed by atoms with E-state index in [4.69, 9.17) is 0 Å². The van der Waals surface area contributed by atoms with E-state index in [1.807, 2.05) is 24.8 Å². The Morgan fingerprint density at radius 3 is 2.50 bits per heavy atom. The third-order valence-electron chi connectivity index (χ3n) is 1.16. The van der Waals surface area contributed by atoms with Gasteiger partial charge in [-0.25, -0.2) is 4.58 Å². The Balaban J connectivity index is 2.98. The fraction of sp³-hybridized carbons (Fsp3) is 0.333. The molecular formula is C6H9N2+. The summed E-state index contributed by atoms with van der Waals surface area (Å²) >= 11 is 0. The summed E-state index contributed by atoms with van der Waals surface area (Å²) in [7, 11) is 1.96. The third-order valence-corrected chi connectivity index (χ3v) is 1.16. The minimum absolute atomic E-state index is 0.838. The van der Waals surface area contributed by atoms with Crippen LogP contribution in [0.5, 0.6) is 0 Å². The zero-order chi connectivity index (χ0) is 6.15. The van der Waals surface area contributed by atoms with Crippen LogP contribution in [0.1, 0.15) is 6.92 Å². The van der Waals surface area contributed by atoms with Crippen LogP contribution in [0.2, 0.25) is 0 Å². The average Bonchev–Trinajstić information content (AvgIpc) is 1.85. The predicted molar refractivity (Wildman–Crippen MR) is 34.5 cm³/mol. The van der Waals surface area contributed by atoms with E-state index in [2.05, 4.69) is 11.6 Å². The highest BCUT2D eigenvalue weighted by atomic mass is 15.1. The molecule has 0 aromatic carbocycles. The lowest BCUT2D eigenvalue weighted by Gasteiger charge is -1.81. The van der Waals surface area contributed by atoms with E-state index in [-0.39, 0.29) is 0 Å². The van der Waals surface area contributed by atoms with Crippen molar-refractivity contribution in [3.05, 3.63) is 12.3 Å². The Hall–Kier alpha value is -0.920. The highest BCUT2D eigenvalue weighted by Gasteiger charge is 2.12. The first-order valence-corrected chi connectivity index (χ1v) is 2.52. The third kappa shape index (κ3) is 0.689. The van der Waals surface area contributed by atoms with Crippen molar-refractivity contribution < 1.29 is 4.58 Å². The van der Waals surface area contributed by atoms with Gasteiger partial charge in [-0.15, -0.1) is 0 Å². The molecule has 0 aromatic rings. The van der Waals surface area contributed by atoms with Crippen LogP contribution in [0.4, 0.5) is 0 Å². The first kappa shape index (κ1) is 5.22. The van der Waals surface area contributed by atoms with Gasteiger partial charge in [-0.3, -0.25) is 0 Å². The Morgan fingerprint density at radius 2 is 2.38 bits per heavy atom. The van der Waals surface area contributed by atoms with Crippen molar-refractivity contribution in [2.24, 2.45) is 4.99 Å². The number of aliphatic imine (C=N–C) groups is 1. The standard InChI is InChI=1S/C6H9N2/c1-5-4-8(3)6(2)7-5/h4H,1H2,2-3H3/q+1. The van der Waals surface area contributed by atoms with Crippen molar-refractivity contribution >= 4 is 12.1 Å². The molecule has 1 aliphatic rings. The maximum Gasteiger partial charge on any atom is 0.296 e. The molecule has 0 unspecified atom stereocenters. The molecule has 0 spiro atoms. The average molecular weight is 109 g/mol. The van der Waals surface area contributed by atoms with Crippen LogP contribution >= 0.6 is 0 Å². The van der Waals surface area contributed by atoms with Crippen LogP contribution in [0.3, 0.4) is 0 Å². The topological polar surface area (TPSA) is 15.4 Å². The highest BCUT2D eigenvalue weighted by molar-refractivity contribution is 5.89. The maximum absolute atomic E-state index is 4.06. The fourth-order valence-corrected chi connectivity index (χ4v) is 0.633. The van der Waals surface area contributed by atoms with E-state index in [0.717, 1.165) is 11.5 Å². The Labute approximate surface area is 48.9 Å². The molecule has 0 aromatic heterocycles. The first-order chi connectivity index (χ1) is 3.70. The minimum atomic E-state index is 0.838. The van der Waals surface area contributed by atoms with Crippen molar-refractivity contribution in [2.75, 3.05) is 7.05 Å². The van der Waals surface area contributed by atoms with Gasteiger partial charge >= 0.3 is 0 Å². The zero-order valence-corrected chi connectivity index (χ0v) is 5.18. The molecule has 2 heteroatoms. The summed E-state index contributed by atoms with van der Waals surface area (Å²) in [5, 5.41) is 0. The van der Waals surface area contributed by atoms with E-state index in [1.165, 1.54) is 0 Å². The lowest BCUT2D eigenvalue weighted by Crippen LogP contribution is -2.07. The molecule has 0 atom stereocenters. The van der Waals surface area contributed by atoms with Crippen molar-refractivity contribution in [3.8, 4) is 0 Å². The second kappa shape index (κ2) is 1.54. The van der Waals surface area contributed by atoms with Crippen LogP contribution in [-0.4, -0.2) is 23.7 Å². The summed E-state index contributed by atoms with van der Waals surface area (Å²) in [6.45, 7) is 5.62. The van der Waals surface area contributed by atoms with Gasteiger partial charge in [0.2, 0.25) is 5.70 Å². The molecule has 0 N–H and O–H groups in total. The SMILES string of the molecule is C=C1C=[N+](C)C(C)=N1. The highest BCUT2D eigenvalue weighted by Crippen LogP contribution is 1.96. The maximum atomic E-state index is 4.06. The Kier molecular flexibility index (Phi) is 1.01. The van der Waals surface area contributed by atoms with Gasteiger partial charge in [-0.2, -0.15) is 0 Å². The summed E-state index contributed by atoms with van der Waals surface area (Å²) in [4.78, 5) is 4.06. The number of amidine groups is 1. The molecular weight excluding hydrogens is 100 g/mol. The second-order valence-corrected chi connectivity index (χ2v) is 1.89. The molecule has 1 heterocycles. The molecule has 1 rings (SSSR count). The van der Waals surface area contributed by atoms with Crippen LogP contribution in [0, 0.1) is 0 Å². The number of allylic oxidation sites excluding steroid dienone is 1. The van der Waals surface area contributed by atoms with Crippen molar-refractivity contribution in [1.29, 1.82) is 0 Å². The van der Waals surface area contributed by atoms with E-state index >= 15 is 0 Å². The van der Waals surface area contributed by atoms with Crippen molar-refractivity contribution in [1.82, 2.24) is 0 Å². The van der Waals surface area contributed by atoms with Crippen molar-refractivity contribution in [3.63, 3.8) is 0 Å². The minimum Gasteiger partial charge on any atom is -0.233 e. The predicted octanol–water partition coefficient (Wildman–Crippen LogP) is 0.645. The summed E-state index contributed by atoms with van der Waals surface area (Å²) < 4.78 is 1.95. The van der Waals surface area contributed by atoms with Gasteiger partial charge in [0.25, 0.3) is 5.84 Å². The van der Waals surface area contributed by atoms with Gasteiger partial charge in [0.1, 0.15) is 6.21 Å². The van der Waals surface area contributed by atoms with Crippen LogP contribution in [-0.2, 0) is 0 Å². The fourth-order valence-electron chi connectivity index (χ4n) is 0.633. The monoisotopic (exact) mass is 109 g/mol. The molecule has 0 amide bonds. The smallest absolute Gasteiger partial charge is 0.233 e. The summed E-state index contributed by atoms with van der Waals surface area (Å²) in [5.41, 5.74) is 0.838. The van der Waals surface area contributed by atoms with Gasteiger partial charge < -0.3 is 0 Å². The van der Waals surface area contributed by atoms with Gasteiger partial charge in [0.05, 0.1) is 7.05 Å². The van der Waals surface area contributed by atoms with Crippen LogP contribution < -0.4 is 0 Å². The summed E-state index contributed by atoms with van der Waals surface area (Å²) in [6, 6.07) is 0. The number of nitrogens with zero attached hydrogens (tertiary/aromatic N) is 2. The molecule has 0 fully saturated rings. The van der Waals surface area contributed by atoms with Gasteiger partial charge in [-0.05, 0) is 11.6 Å². The van der Waals surface area contributed by atoms with Crippen LogP contribution in [0.15, 0.2) is 17.3 Å². The molecule has 2 nitrogen and oxygen atoms in total. The molecule has 0 aliphatic carbocycles. The summed E-state index contributed by atoms with van der Waals surface area (Å²) in [6.07, 6.45) is 1.90. The van der Waals surface area contributed by atoms with E-state index in [0.29, 0.717) is 0 Å². The Bertz CT molecular complexity index is 167. The molecule has 0 bridgehead atoms. The summed E-state index contributed by atoms with van der Waals surface area (Å²) in [5.74, 6) is 1.01. The second-order valence-electron chi connectivity index (χ2n) is 1.89. The molecule has 0 saturated carbocycles. The van der Waals surface area contributed by atoms with Gasteiger partial charge in [-0.1, -0.05) is 0 Å². The number of hydrogen-bond acceptors (Lipinski definition) is 1. The Morgan fingerprint density at radius 1 is 1.75 bits per heavy atom. The quantitative estimate of drug-likeness (QED) is 0.406. The normalized spacial score (nSPS) is 18.5. The lowest BCUT2D eigenvalue weighted by atomic mass is 10.6. The molecule has 1 aliphatic heterocycles.